The SMILES string of the molecule is O=C(O)c1cccc(C(=O)OCC(O)CCO)c1. The Morgan fingerprint density at radius 1 is 1.28 bits per heavy atom. The summed E-state index contributed by atoms with van der Waals surface area (Å²) in [7, 11) is 0. The van der Waals surface area contributed by atoms with E-state index >= 15 is 0 Å². The molecule has 0 aliphatic heterocycles. The van der Waals surface area contributed by atoms with Gasteiger partial charge in [0.2, 0.25) is 0 Å². The van der Waals surface area contributed by atoms with Gasteiger partial charge < -0.3 is 20.1 Å². The maximum atomic E-state index is 11.5. The monoisotopic (exact) mass is 254 g/mol. The fourth-order valence-electron chi connectivity index (χ4n) is 1.27. The number of aliphatic hydroxyl groups is 2. The summed E-state index contributed by atoms with van der Waals surface area (Å²) in [6.07, 6.45) is -0.816. The Bertz CT molecular complexity index is 428. The minimum absolute atomic E-state index is 0.0136. The van der Waals surface area contributed by atoms with Gasteiger partial charge in [-0.15, -0.1) is 0 Å². The summed E-state index contributed by atoms with van der Waals surface area (Å²) in [5.41, 5.74) is 0.0893. The van der Waals surface area contributed by atoms with Crippen molar-refractivity contribution < 1.29 is 29.6 Å². The Labute approximate surface area is 103 Å². The van der Waals surface area contributed by atoms with E-state index in [2.05, 4.69) is 0 Å². The van der Waals surface area contributed by atoms with Gasteiger partial charge in [0.1, 0.15) is 6.61 Å². The highest BCUT2D eigenvalue weighted by Crippen LogP contribution is 2.07. The third-order valence-corrected chi connectivity index (χ3v) is 2.21. The van der Waals surface area contributed by atoms with Crippen molar-refractivity contribution in [2.75, 3.05) is 13.2 Å². The number of carboxylic acids is 1. The van der Waals surface area contributed by atoms with Crippen molar-refractivity contribution in [2.24, 2.45) is 0 Å². The normalized spacial score (nSPS) is 11.9. The van der Waals surface area contributed by atoms with E-state index in [4.69, 9.17) is 14.9 Å². The number of benzene rings is 1. The van der Waals surface area contributed by atoms with Gasteiger partial charge in [-0.1, -0.05) is 6.07 Å². The van der Waals surface area contributed by atoms with E-state index in [1.165, 1.54) is 24.3 Å². The van der Waals surface area contributed by atoms with E-state index in [0.29, 0.717) is 0 Å². The number of aromatic carboxylic acids is 1. The Morgan fingerprint density at radius 3 is 2.56 bits per heavy atom. The maximum absolute atomic E-state index is 11.5. The molecular formula is C12H14O6. The molecule has 0 fully saturated rings. The molecule has 0 aliphatic carbocycles. The second-order valence-corrected chi connectivity index (χ2v) is 3.65. The van der Waals surface area contributed by atoms with E-state index in [0.717, 1.165) is 0 Å². The van der Waals surface area contributed by atoms with Crippen LogP contribution >= 0.6 is 0 Å². The second kappa shape index (κ2) is 6.73. The lowest BCUT2D eigenvalue weighted by Gasteiger charge is -2.09. The maximum Gasteiger partial charge on any atom is 0.338 e. The predicted molar refractivity (Wildman–Crippen MR) is 61.4 cm³/mol. The molecule has 3 N–H and O–H groups in total. The zero-order valence-electron chi connectivity index (χ0n) is 9.57. The molecule has 18 heavy (non-hydrogen) atoms. The molecule has 0 aromatic heterocycles. The molecule has 1 unspecified atom stereocenters. The Hall–Kier alpha value is -1.92. The van der Waals surface area contributed by atoms with E-state index < -0.39 is 18.0 Å². The zero-order valence-corrected chi connectivity index (χ0v) is 9.57. The number of hydrogen-bond acceptors (Lipinski definition) is 5. The van der Waals surface area contributed by atoms with Crippen LogP contribution < -0.4 is 0 Å². The van der Waals surface area contributed by atoms with Crippen molar-refractivity contribution >= 4 is 11.9 Å². The van der Waals surface area contributed by atoms with Crippen LogP contribution in [0.2, 0.25) is 0 Å². The lowest BCUT2D eigenvalue weighted by atomic mass is 10.1. The van der Waals surface area contributed by atoms with Crippen molar-refractivity contribution in [3.8, 4) is 0 Å². The quantitative estimate of drug-likeness (QED) is 0.630. The zero-order chi connectivity index (χ0) is 13.5. The number of carboxylic acid groups (broad SMARTS) is 1. The van der Waals surface area contributed by atoms with Crippen molar-refractivity contribution in [1.82, 2.24) is 0 Å². The van der Waals surface area contributed by atoms with Gasteiger partial charge in [0, 0.05) is 6.61 Å². The van der Waals surface area contributed by atoms with Crippen molar-refractivity contribution in [1.29, 1.82) is 0 Å². The molecule has 0 spiro atoms. The van der Waals surface area contributed by atoms with Crippen molar-refractivity contribution in [3.63, 3.8) is 0 Å². The third-order valence-electron chi connectivity index (χ3n) is 2.21. The van der Waals surface area contributed by atoms with Gasteiger partial charge in [0.25, 0.3) is 0 Å². The highest BCUT2D eigenvalue weighted by Gasteiger charge is 2.12. The first-order valence-corrected chi connectivity index (χ1v) is 5.34. The van der Waals surface area contributed by atoms with Crippen molar-refractivity contribution in [3.05, 3.63) is 35.4 Å². The van der Waals surface area contributed by atoms with Crippen LogP contribution in [0.4, 0.5) is 0 Å². The Morgan fingerprint density at radius 2 is 1.94 bits per heavy atom. The summed E-state index contributed by atoms with van der Waals surface area (Å²) in [5, 5.41) is 26.6. The molecule has 1 aromatic rings. The molecule has 0 radical (unpaired) electrons. The van der Waals surface area contributed by atoms with Crippen LogP contribution in [0, 0.1) is 0 Å². The summed E-state index contributed by atoms with van der Waals surface area (Å²) >= 11 is 0. The van der Waals surface area contributed by atoms with Gasteiger partial charge in [-0.25, -0.2) is 9.59 Å². The fourth-order valence-corrected chi connectivity index (χ4v) is 1.27. The molecule has 6 heteroatoms. The summed E-state index contributed by atoms with van der Waals surface area (Å²) < 4.78 is 4.78. The highest BCUT2D eigenvalue weighted by molar-refractivity contribution is 5.94. The van der Waals surface area contributed by atoms with Crippen LogP contribution in [0.25, 0.3) is 0 Å². The van der Waals surface area contributed by atoms with Crippen LogP contribution in [-0.2, 0) is 4.74 Å². The topological polar surface area (TPSA) is 104 Å². The summed E-state index contributed by atoms with van der Waals surface area (Å²) in [4.78, 5) is 22.2. The van der Waals surface area contributed by atoms with E-state index in [1.807, 2.05) is 0 Å². The number of rotatable bonds is 6. The van der Waals surface area contributed by atoms with Gasteiger partial charge in [0.05, 0.1) is 17.2 Å². The second-order valence-electron chi connectivity index (χ2n) is 3.65. The van der Waals surface area contributed by atoms with Gasteiger partial charge >= 0.3 is 11.9 Å². The molecule has 0 heterocycles. The molecule has 0 saturated heterocycles. The predicted octanol–water partition coefficient (Wildman–Crippen LogP) is 0.285. The molecule has 0 aliphatic rings. The molecule has 1 rings (SSSR count). The number of ether oxygens (including phenoxy) is 1. The summed E-state index contributed by atoms with van der Waals surface area (Å²) in [6, 6.07) is 5.42. The molecule has 1 atom stereocenters. The van der Waals surface area contributed by atoms with E-state index in [9.17, 15) is 14.7 Å². The van der Waals surface area contributed by atoms with Crippen LogP contribution in [0.1, 0.15) is 27.1 Å². The molecule has 0 saturated carbocycles. The molecule has 0 amide bonds. The number of aliphatic hydroxyl groups excluding tert-OH is 2. The minimum atomic E-state index is -1.13. The average molecular weight is 254 g/mol. The van der Waals surface area contributed by atoms with Gasteiger partial charge in [-0.3, -0.25) is 0 Å². The highest BCUT2D eigenvalue weighted by atomic mass is 16.5. The van der Waals surface area contributed by atoms with Crippen LogP contribution in [0.5, 0.6) is 0 Å². The first-order chi connectivity index (χ1) is 8.54. The molecular weight excluding hydrogens is 240 g/mol. The van der Waals surface area contributed by atoms with Gasteiger partial charge in [-0.2, -0.15) is 0 Å². The van der Waals surface area contributed by atoms with Gasteiger partial charge in [-0.05, 0) is 24.6 Å². The summed E-state index contributed by atoms with van der Waals surface area (Å²) in [5.74, 6) is -1.85. The van der Waals surface area contributed by atoms with Crippen LogP contribution in [0.3, 0.4) is 0 Å². The smallest absolute Gasteiger partial charge is 0.338 e. The summed E-state index contributed by atoms with van der Waals surface area (Å²) in [6.45, 7) is -0.441. The number of carbonyl (C=O) groups excluding carboxylic acids is 1. The first-order valence-electron chi connectivity index (χ1n) is 5.34. The number of carbonyl (C=O) groups is 2. The van der Waals surface area contributed by atoms with E-state index in [-0.39, 0.29) is 30.8 Å². The third kappa shape index (κ3) is 4.15. The Balaban J connectivity index is 2.61. The fraction of sp³-hybridized carbons (Fsp3) is 0.333. The Kier molecular flexibility index (Phi) is 5.29. The van der Waals surface area contributed by atoms with E-state index in [1.54, 1.807) is 0 Å². The van der Waals surface area contributed by atoms with Crippen LogP contribution in [-0.4, -0.2) is 46.6 Å². The molecule has 0 bridgehead atoms. The molecule has 1 aromatic carbocycles. The van der Waals surface area contributed by atoms with Crippen LogP contribution in [0.15, 0.2) is 24.3 Å². The van der Waals surface area contributed by atoms with Crippen molar-refractivity contribution in [2.45, 2.75) is 12.5 Å². The largest absolute Gasteiger partial charge is 0.478 e. The average Bonchev–Trinajstić information content (AvgIpc) is 2.36. The lowest BCUT2D eigenvalue weighted by Crippen LogP contribution is -2.19. The number of hydrogen-bond donors (Lipinski definition) is 3. The first kappa shape index (κ1) is 14.1. The molecule has 6 nitrogen and oxygen atoms in total. The lowest BCUT2D eigenvalue weighted by molar-refractivity contribution is 0.0197. The standard InChI is InChI=1S/C12H14O6/c13-5-4-10(14)7-18-12(17)9-3-1-2-8(6-9)11(15)16/h1-3,6,10,13-14H,4-5,7H2,(H,15,16). The minimum Gasteiger partial charge on any atom is -0.478 e. The van der Waals surface area contributed by atoms with Gasteiger partial charge in [0.15, 0.2) is 0 Å². The molecule has 98 valence electrons. The number of esters is 1.